The first-order valence-corrected chi connectivity index (χ1v) is 8.65. The summed E-state index contributed by atoms with van der Waals surface area (Å²) in [5.74, 6) is 0.130. The highest BCUT2D eigenvalue weighted by Gasteiger charge is 2.38. The van der Waals surface area contributed by atoms with E-state index >= 15 is 0 Å². The van der Waals surface area contributed by atoms with Gasteiger partial charge in [-0.1, -0.05) is 0 Å². The molecule has 1 aromatic heterocycles. The van der Waals surface area contributed by atoms with Gasteiger partial charge in [0.15, 0.2) is 0 Å². The van der Waals surface area contributed by atoms with Gasteiger partial charge in [0.1, 0.15) is 5.37 Å². The Morgan fingerprint density at radius 2 is 2.25 bits per heavy atom. The molecule has 2 rings (SSSR count). The fraction of sp³-hybridized carbons (Fsp3) is 0.571. The summed E-state index contributed by atoms with van der Waals surface area (Å²) in [6.45, 7) is 6.28. The standard InChI is InChI=1S/C14H20N2O2S2/c1-9(2)15-12(17)4-6-16-13(18)10(3)20-14(16)11-5-7-19-8-11/h5,7-10,14H,4,6H2,1-3H3,(H,15,17)/t10-,14-/m0/s1. The van der Waals surface area contributed by atoms with E-state index in [1.54, 1.807) is 23.1 Å². The van der Waals surface area contributed by atoms with Crippen LogP contribution in [0.4, 0.5) is 0 Å². The van der Waals surface area contributed by atoms with Crippen LogP contribution in [0, 0.1) is 0 Å². The Balaban J connectivity index is 2.00. The lowest BCUT2D eigenvalue weighted by atomic mass is 10.2. The zero-order chi connectivity index (χ0) is 14.7. The number of thioether (sulfide) groups is 1. The molecule has 0 spiro atoms. The molecule has 2 atom stereocenters. The third-order valence-corrected chi connectivity index (χ3v) is 5.20. The zero-order valence-corrected chi connectivity index (χ0v) is 13.6. The van der Waals surface area contributed by atoms with Crippen molar-refractivity contribution in [3.63, 3.8) is 0 Å². The molecule has 0 aromatic carbocycles. The number of amides is 2. The minimum absolute atomic E-state index is 0.00132. The van der Waals surface area contributed by atoms with Crippen molar-refractivity contribution in [3.8, 4) is 0 Å². The van der Waals surface area contributed by atoms with E-state index in [0.29, 0.717) is 13.0 Å². The van der Waals surface area contributed by atoms with Crippen molar-refractivity contribution in [2.24, 2.45) is 0 Å². The van der Waals surface area contributed by atoms with Gasteiger partial charge in [0.2, 0.25) is 11.8 Å². The summed E-state index contributed by atoms with van der Waals surface area (Å²) in [5, 5.41) is 6.97. The molecule has 0 radical (unpaired) electrons. The Hall–Kier alpha value is -1.01. The highest BCUT2D eigenvalue weighted by Crippen LogP contribution is 2.43. The molecule has 110 valence electrons. The van der Waals surface area contributed by atoms with E-state index in [2.05, 4.69) is 16.8 Å². The van der Waals surface area contributed by atoms with E-state index in [0.717, 1.165) is 5.56 Å². The fourth-order valence-electron chi connectivity index (χ4n) is 2.19. The molecular weight excluding hydrogens is 292 g/mol. The Morgan fingerprint density at radius 1 is 1.50 bits per heavy atom. The van der Waals surface area contributed by atoms with Crippen LogP contribution in [0.3, 0.4) is 0 Å². The number of rotatable bonds is 5. The summed E-state index contributed by atoms with van der Waals surface area (Å²) in [6, 6.07) is 2.19. The number of carbonyl (C=O) groups is 2. The van der Waals surface area contributed by atoms with Crippen LogP contribution < -0.4 is 5.32 Å². The molecule has 20 heavy (non-hydrogen) atoms. The quantitative estimate of drug-likeness (QED) is 0.909. The van der Waals surface area contributed by atoms with Crippen molar-refractivity contribution in [1.82, 2.24) is 10.2 Å². The average molecular weight is 312 g/mol. The van der Waals surface area contributed by atoms with Gasteiger partial charge < -0.3 is 10.2 Å². The predicted molar refractivity (Wildman–Crippen MR) is 83.7 cm³/mol. The van der Waals surface area contributed by atoms with Crippen molar-refractivity contribution >= 4 is 34.9 Å². The molecule has 2 heterocycles. The summed E-state index contributed by atoms with van der Waals surface area (Å²) in [5.41, 5.74) is 1.15. The van der Waals surface area contributed by atoms with E-state index in [9.17, 15) is 9.59 Å². The molecule has 1 aliphatic rings. The minimum Gasteiger partial charge on any atom is -0.354 e. The lowest BCUT2D eigenvalue weighted by Gasteiger charge is -2.23. The largest absolute Gasteiger partial charge is 0.354 e. The molecule has 4 nitrogen and oxygen atoms in total. The first-order chi connectivity index (χ1) is 9.49. The number of hydrogen-bond donors (Lipinski definition) is 1. The van der Waals surface area contributed by atoms with Gasteiger partial charge >= 0.3 is 0 Å². The van der Waals surface area contributed by atoms with Crippen LogP contribution in [-0.2, 0) is 9.59 Å². The summed E-state index contributed by atoms with van der Waals surface area (Å²) < 4.78 is 0. The molecule has 1 saturated heterocycles. The van der Waals surface area contributed by atoms with Gasteiger partial charge in [-0.15, -0.1) is 11.8 Å². The maximum absolute atomic E-state index is 12.2. The highest BCUT2D eigenvalue weighted by molar-refractivity contribution is 8.01. The molecule has 1 N–H and O–H groups in total. The van der Waals surface area contributed by atoms with Crippen molar-refractivity contribution in [2.45, 2.75) is 43.9 Å². The van der Waals surface area contributed by atoms with Crippen LogP contribution in [0.2, 0.25) is 0 Å². The number of carbonyl (C=O) groups excluding carboxylic acids is 2. The van der Waals surface area contributed by atoms with Gasteiger partial charge in [-0.3, -0.25) is 9.59 Å². The number of thiophene rings is 1. The fourth-order valence-corrected chi connectivity index (χ4v) is 4.26. The average Bonchev–Trinajstić information content (AvgIpc) is 2.97. The summed E-state index contributed by atoms with van der Waals surface area (Å²) in [7, 11) is 0. The van der Waals surface area contributed by atoms with E-state index in [1.807, 2.05) is 31.1 Å². The second kappa shape index (κ2) is 6.63. The Labute approximate surface area is 127 Å². The summed E-state index contributed by atoms with van der Waals surface area (Å²) in [6.07, 6.45) is 0.359. The van der Waals surface area contributed by atoms with Crippen LogP contribution in [-0.4, -0.2) is 34.6 Å². The molecule has 1 aliphatic heterocycles. The number of hydrogen-bond acceptors (Lipinski definition) is 4. The summed E-state index contributed by atoms with van der Waals surface area (Å²) >= 11 is 3.29. The summed E-state index contributed by atoms with van der Waals surface area (Å²) in [4.78, 5) is 25.8. The maximum Gasteiger partial charge on any atom is 0.236 e. The zero-order valence-electron chi connectivity index (χ0n) is 12.0. The minimum atomic E-state index is -0.0342. The van der Waals surface area contributed by atoms with Crippen LogP contribution in [0.15, 0.2) is 16.8 Å². The van der Waals surface area contributed by atoms with Crippen molar-refractivity contribution in [2.75, 3.05) is 6.54 Å². The second-order valence-electron chi connectivity index (χ2n) is 5.19. The first kappa shape index (κ1) is 15.4. The lowest BCUT2D eigenvalue weighted by molar-refractivity contribution is -0.130. The molecule has 1 aromatic rings. The monoisotopic (exact) mass is 312 g/mol. The lowest BCUT2D eigenvalue weighted by Crippen LogP contribution is -2.36. The van der Waals surface area contributed by atoms with Gasteiger partial charge in [-0.05, 0) is 43.2 Å². The van der Waals surface area contributed by atoms with Crippen molar-refractivity contribution < 1.29 is 9.59 Å². The van der Waals surface area contributed by atoms with Crippen molar-refractivity contribution in [3.05, 3.63) is 22.4 Å². The molecule has 0 unspecified atom stereocenters. The number of nitrogens with one attached hydrogen (secondary N) is 1. The third kappa shape index (κ3) is 3.55. The third-order valence-electron chi connectivity index (χ3n) is 3.10. The van der Waals surface area contributed by atoms with E-state index in [4.69, 9.17) is 0 Å². The molecule has 6 heteroatoms. The van der Waals surface area contributed by atoms with Crippen LogP contribution in [0.1, 0.15) is 38.1 Å². The molecular formula is C14H20N2O2S2. The molecule has 2 amide bonds. The first-order valence-electron chi connectivity index (χ1n) is 6.76. The topological polar surface area (TPSA) is 49.4 Å². The van der Waals surface area contributed by atoms with Gasteiger partial charge in [0.25, 0.3) is 0 Å². The van der Waals surface area contributed by atoms with E-state index < -0.39 is 0 Å². The normalized spacial score (nSPS) is 22.6. The van der Waals surface area contributed by atoms with Gasteiger partial charge in [0.05, 0.1) is 5.25 Å². The maximum atomic E-state index is 12.2. The van der Waals surface area contributed by atoms with Gasteiger partial charge in [-0.2, -0.15) is 11.3 Å². The van der Waals surface area contributed by atoms with Crippen LogP contribution in [0.25, 0.3) is 0 Å². The number of nitrogens with zero attached hydrogens (tertiary/aromatic N) is 1. The highest BCUT2D eigenvalue weighted by atomic mass is 32.2. The van der Waals surface area contributed by atoms with Gasteiger partial charge in [-0.25, -0.2) is 0 Å². The molecule has 0 saturated carbocycles. The van der Waals surface area contributed by atoms with Gasteiger partial charge in [0, 0.05) is 19.0 Å². The van der Waals surface area contributed by atoms with Crippen LogP contribution >= 0.6 is 23.1 Å². The predicted octanol–water partition coefficient (Wildman–Crippen LogP) is 2.63. The van der Waals surface area contributed by atoms with Crippen LogP contribution in [0.5, 0.6) is 0 Å². The Bertz CT molecular complexity index is 474. The van der Waals surface area contributed by atoms with E-state index in [1.165, 1.54) is 0 Å². The SMILES string of the molecule is CC(C)NC(=O)CCN1C(=O)[C@H](C)S[C@H]1c1ccsc1. The molecule has 0 bridgehead atoms. The smallest absolute Gasteiger partial charge is 0.236 e. The molecule has 1 fully saturated rings. The molecule has 0 aliphatic carbocycles. The Kier molecular flexibility index (Phi) is 5.10. The van der Waals surface area contributed by atoms with E-state index in [-0.39, 0.29) is 28.5 Å². The Morgan fingerprint density at radius 3 is 2.85 bits per heavy atom. The van der Waals surface area contributed by atoms with Crippen molar-refractivity contribution in [1.29, 1.82) is 0 Å². The second-order valence-corrected chi connectivity index (χ2v) is 7.40.